The van der Waals surface area contributed by atoms with E-state index < -0.39 is 11.8 Å². The molecule has 3 rings (SSSR count). The van der Waals surface area contributed by atoms with E-state index in [0.29, 0.717) is 38.8 Å². The zero-order valence-electron chi connectivity index (χ0n) is 15.0. The lowest BCUT2D eigenvalue weighted by molar-refractivity contribution is -0.148. The van der Waals surface area contributed by atoms with Gasteiger partial charge < -0.3 is 19.4 Å². The number of morpholine rings is 1. The third-order valence-corrected chi connectivity index (χ3v) is 5.01. The molecule has 3 heterocycles. The minimum Gasteiger partial charge on any atom is -0.465 e. The molecule has 138 valence electrons. The van der Waals surface area contributed by atoms with Gasteiger partial charge in [0.05, 0.1) is 19.8 Å². The second kappa shape index (κ2) is 8.01. The molecular weight excluding hydrogens is 322 g/mol. The molecule has 1 N–H and O–H groups in total. The van der Waals surface area contributed by atoms with Crippen LogP contribution in [0.2, 0.25) is 0 Å². The molecule has 0 radical (unpaired) electrons. The zero-order valence-corrected chi connectivity index (χ0v) is 15.0. The van der Waals surface area contributed by atoms with E-state index in [4.69, 9.17) is 9.15 Å². The van der Waals surface area contributed by atoms with Crippen LogP contribution in [-0.2, 0) is 20.9 Å². The maximum atomic E-state index is 12.1. The molecule has 1 aromatic rings. The Bertz CT molecular complexity index is 602. The van der Waals surface area contributed by atoms with Crippen LogP contribution in [0.1, 0.15) is 23.5 Å². The van der Waals surface area contributed by atoms with Gasteiger partial charge in [-0.3, -0.25) is 14.5 Å². The number of aryl methyl sites for hydroxylation is 2. The van der Waals surface area contributed by atoms with Gasteiger partial charge in [0, 0.05) is 26.2 Å². The number of carbonyl (C=O) groups excluding carboxylic acids is 2. The second-order valence-electron chi connectivity index (χ2n) is 6.96. The third kappa shape index (κ3) is 4.61. The van der Waals surface area contributed by atoms with Crippen molar-refractivity contribution in [3.63, 3.8) is 0 Å². The molecule has 2 saturated heterocycles. The summed E-state index contributed by atoms with van der Waals surface area (Å²) in [5, 5.41) is 2.80. The van der Waals surface area contributed by atoms with Crippen molar-refractivity contribution in [1.29, 1.82) is 0 Å². The Hall–Kier alpha value is -1.86. The van der Waals surface area contributed by atoms with Crippen molar-refractivity contribution < 1.29 is 18.7 Å². The summed E-state index contributed by atoms with van der Waals surface area (Å²) in [4.78, 5) is 28.0. The van der Waals surface area contributed by atoms with Crippen LogP contribution in [0, 0.1) is 19.8 Å². The van der Waals surface area contributed by atoms with Gasteiger partial charge in [0.25, 0.3) is 0 Å². The molecule has 0 spiro atoms. The van der Waals surface area contributed by atoms with Crippen LogP contribution in [0.3, 0.4) is 0 Å². The molecule has 0 bridgehead atoms. The number of nitrogens with one attached hydrogen (secondary N) is 1. The Kier molecular flexibility index (Phi) is 5.75. The minimum atomic E-state index is -0.502. The van der Waals surface area contributed by atoms with Gasteiger partial charge in [0.15, 0.2) is 0 Å². The number of likely N-dealkylation sites (tertiary alicyclic amines) is 1. The first kappa shape index (κ1) is 17.9. The van der Waals surface area contributed by atoms with Crippen molar-refractivity contribution in [2.45, 2.75) is 26.8 Å². The first-order valence-corrected chi connectivity index (χ1v) is 8.96. The topological polar surface area (TPSA) is 75.0 Å². The smallest absolute Gasteiger partial charge is 0.312 e. The quantitative estimate of drug-likeness (QED) is 0.810. The molecule has 1 atom stereocenters. The highest BCUT2D eigenvalue weighted by Gasteiger charge is 2.27. The highest BCUT2D eigenvalue weighted by Crippen LogP contribution is 2.20. The van der Waals surface area contributed by atoms with E-state index in [9.17, 15) is 9.59 Å². The summed E-state index contributed by atoms with van der Waals surface area (Å²) in [6.07, 6.45) is 1.02. The molecule has 0 saturated carbocycles. The van der Waals surface area contributed by atoms with Gasteiger partial charge in [-0.1, -0.05) is 0 Å². The Morgan fingerprint density at radius 3 is 2.68 bits per heavy atom. The molecule has 0 aliphatic carbocycles. The fourth-order valence-electron chi connectivity index (χ4n) is 3.39. The summed E-state index contributed by atoms with van der Waals surface area (Å²) in [5.41, 5.74) is 1.18. The molecule has 2 amide bonds. The lowest BCUT2D eigenvalue weighted by atomic mass is 10.1. The molecule has 2 aliphatic heterocycles. The molecule has 2 aliphatic rings. The maximum absolute atomic E-state index is 12.1. The minimum absolute atomic E-state index is 0.374. The lowest BCUT2D eigenvalue weighted by Gasteiger charge is -2.26. The number of carbonyl (C=O) groups is 2. The van der Waals surface area contributed by atoms with Crippen LogP contribution in [0.5, 0.6) is 0 Å². The Morgan fingerprint density at radius 2 is 2.00 bits per heavy atom. The fraction of sp³-hybridized carbons (Fsp3) is 0.667. The van der Waals surface area contributed by atoms with Crippen LogP contribution < -0.4 is 5.32 Å². The van der Waals surface area contributed by atoms with Crippen LogP contribution in [0.4, 0.5) is 0 Å². The number of furan rings is 1. The predicted octanol–water partition coefficient (Wildman–Crippen LogP) is 0.693. The molecule has 7 heteroatoms. The standard InChI is InChI=1S/C18H27N3O4/c1-13-9-16(25-14(13)2)12-20-4-3-15(11-20)10-19-17(22)18(23)21-5-7-24-8-6-21/h9,15H,3-8,10-12H2,1-2H3,(H,19,22)/t15-/m0/s1. The van der Waals surface area contributed by atoms with Crippen LogP contribution in [0.25, 0.3) is 0 Å². The summed E-state index contributed by atoms with van der Waals surface area (Å²) < 4.78 is 10.9. The van der Waals surface area contributed by atoms with Crippen molar-refractivity contribution in [3.05, 3.63) is 23.2 Å². The number of amides is 2. The summed E-state index contributed by atoms with van der Waals surface area (Å²) >= 11 is 0. The second-order valence-corrected chi connectivity index (χ2v) is 6.96. The third-order valence-electron chi connectivity index (χ3n) is 5.01. The summed E-state index contributed by atoms with van der Waals surface area (Å²) in [6.45, 7) is 9.25. The van der Waals surface area contributed by atoms with Gasteiger partial charge >= 0.3 is 11.8 Å². The summed E-state index contributed by atoms with van der Waals surface area (Å²) in [7, 11) is 0. The van der Waals surface area contributed by atoms with E-state index >= 15 is 0 Å². The number of hydrogen-bond donors (Lipinski definition) is 1. The highest BCUT2D eigenvalue weighted by atomic mass is 16.5. The van der Waals surface area contributed by atoms with Gasteiger partial charge in [-0.25, -0.2) is 0 Å². The number of ether oxygens (including phenoxy) is 1. The Balaban J connectivity index is 1.40. The largest absolute Gasteiger partial charge is 0.465 e. The SMILES string of the molecule is Cc1cc(CN2CC[C@@H](CNC(=O)C(=O)N3CCOCC3)C2)oc1C. The van der Waals surface area contributed by atoms with E-state index in [1.807, 2.05) is 6.92 Å². The van der Waals surface area contributed by atoms with E-state index in [-0.39, 0.29) is 0 Å². The van der Waals surface area contributed by atoms with E-state index in [0.717, 1.165) is 37.6 Å². The van der Waals surface area contributed by atoms with Gasteiger partial charge in [-0.05, 0) is 44.4 Å². The molecule has 25 heavy (non-hydrogen) atoms. The van der Waals surface area contributed by atoms with Crippen molar-refractivity contribution in [2.75, 3.05) is 45.9 Å². The number of rotatable bonds is 4. The van der Waals surface area contributed by atoms with Crippen molar-refractivity contribution in [3.8, 4) is 0 Å². The normalized spacial score (nSPS) is 21.5. The zero-order chi connectivity index (χ0) is 17.8. The monoisotopic (exact) mass is 349 g/mol. The number of nitrogens with zero attached hydrogens (tertiary/aromatic N) is 2. The van der Waals surface area contributed by atoms with Gasteiger partial charge in [-0.15, -0.1) is 0 Å². The van der Waals surface area contributed by atoms with Crippen LogP contribution >= 0.6 is 0 Å². The van der Waals surface area contributed by atoms with Gasteiger partial charge in [0.2, 0.25) is 0 Å². The van der Waals surface area contributed by atoms with Crippen molar-refractivity contribution in [1.82, 2.24) is 15.1 Å². The number of hydrogen-bond acceptors (Lipinski definition) is 5. The lowest BCUT2D eigenvalue weighted by Crippen LogP contribution is -2.48. The Morgan fingerprint density at radius 1 is 1.24 bits per heavy atom. The van der Waals surface area contributed by atoms with E-state index in [1.165, 1.54) is 5.56 Å². The predicted molar refractivity (Wildman–Crippen MR) is 92.0 cm³/mol. The fourth-order valence-corrected chi connectivity index (χ4v) is 3.39. The first-order valence-electron chi connectivity index (χ1n) is 8.96. The summed E-state index contributed by atoms with van der Waals surface area (Å²) in [5.74, 6) is 1.39. The molecule has 0 unspecified atom stereocenters. The van der Waals surface area contributed by atoms with E-state index in [2.05, 4.69) is 23.2 Å². The maximum Gasteiger partial charge on any atom is 0.312 e. The molecule has 1 aromatic heterocycles. The molecule has 2 fully saturated rings. The van der Waals surface area contributed by atoms with Crippen LogP contribution in [-0.4, -0.2) is 67.6 Å². The average molecular weight is 349 g/mol. The molecular formula is C18H27N3O4. The molecule has 7 nitrogen and oxygen atoms in total. The average Bonchev–Trinajstić information content (AvgIpc) is 3.19. The Labute approximate surface area is 148 Å². The van der Waals surface area contributed by atoms with Gasteiger partial charge in [0.1, 0.15) is 11.5 Å². The van der Waals surface area contributed by atoms with Crippen molar-refractivity contribution in [2.24, 2.45) is 5.92 Å². The summed E-state index contributed by atoms with van der Waals surface area (Å²) in [6, 6.07) is 2.09. The van der Waals surface area contributed by atoms with Crippen molar-refractivity contribution >= 4 is 11.8 Å². The van der Waals surface area contributed by atoms with E-state index in [1.54, 1.807) is 4.90 Å². The van der Waals surface area contributed by atoms with Gasteiger partial charge in [-0.2, -0.15) is 0 Å². The highest BCUT2D eigenvalue weighted by molar-refractivity contribution is 6.35. The van der Waals surface area contributed by atoms with Crippen LogP contribution in [0.15, 0.2) is 10.5 Å². The molecule has 0 aromatic carbocycles. The first-order chi connectivity index (χ1) is 12.0.